The molecule has 2 rings (SSSR count). The Morgan fingerprint density at radius 2 is 2.06 bits per heavy atom. The van der Waals surface area contributed by atoms with Crippen molar-refractivity contribution in [2.45, 2.75) is 12.5 Å². The zero-order chi connectivity index (χ0) is 12.3. The minimum absolute atomic E-state index is 0.504. The fourth-order valence-corrected chi connectivity index (χ4v) is 1.75. The molecule has 1 N–H and O–H groups in total. The predicted molar refractivity (Wildman–Crippen MR) is 68.1 cm³/mol. The number of anilines is 1. The van der Waals surface area contributed by atoms with E-state index in [2.05, 4.69) is 0 Å². The van der Waals surface area contributed by atoms with Gasteiger partial charge in [0.05, 0.1) is 12.4 Å². The number of aliphatic hydroxyl groups excluding tert-OH is 1. The molecule has 1 heterocycles. The van der Waals surface area contributed by atoms with E-state index in [1.165, 1.54) is 0 Å². The first-order valence-electron chi connectivity index (χ1n) is 5.64. The number of hydrogen-bond acceptors (Lipinski definition) is 3. The van der Waals surface area contributed by atoms with Gasteiger partial charge in [-0.3, -0.25) is 0 Å². The van der Waals surface area contributed by atoms with E-state index in [0.29, 0.717) is 6.42 Å². The maximum absolute atomic E-state index is 10.1. The maximum atomic E-state index is 10.1. The molecule has 3 nitrogen and oxygen atoms in total. The summed E-state index contributed by atoms with van der Waals surface area (Å²) in [5.41, 5.74) is 1.99. The van der Waals surface area contributed by atoms with Gasteiger partial charge < -0.3 is 14.4 Å². The number of benzene rings is 1. The number of hydrogen-bond donors (Lipinski definition) is 1. The lowest BCUT2D eigenvalue weighted by Crippen LogP contribution is -2.09. The third kappa shape index (κ3) is 2.88. The van der Waals surface area contributed by atoms with Crippen LogP contribution in [0.2, 0.25) is 0 Å². The van der Waals surface area contributed by atoms with Crippen LogP contribution in [0.15, 0.2) is 47.1 Å². The summed E-state index contributed by atoms with van der Waals surface area (Å²) >= 11 is 0. The molecule has 0 saturated heterocycles. The zero-order valence-corrected chi connectivity index (χ0v) is 10.1. The lowest BCUT2D eigenvalue weighted by atomic mass is 10.0. The van der Waals surface area contributed by atoms with Gasteiger partial charge in [-0.2, -0.15) is 0 Å². The lowest BCUT2D eigenvalue weighted by molar-refractivity contribution is 0.170. The molecular weight excluding hydrogens is 214 g/mol. The summed E-state index contributed by atoms with van der Waals surface area (Å²) in [6.45, 7) is 0. The summed E-state index contributed by atoms with van der Waals surface area (Å²) < 4.78 is 5.23. The van der Waals surface area contributed by atoms with Crippen molar-refractivity contribution in [3.8, 4) is 0 Å². The van der Waals surface area contributed by atoms with E-state index in [-0.39, 0.29) is 0 Å². The highest BCUT2D eigenvalue weighted by molar-refractivity contribution is 5.47. The van der Waals surface area contributed by atoms with Crippen LogP contribution in [0.5, 0.6) is 0 Å². The third-order valence-electron chi connectivity index (χ3n) is 2.75. The van der Waals surface area contributed by atoms with Crippen LogP contribution in [0.3, 0.4) is 0 Å². The van der Waals surface area contributed by atoms with Crippen molar-refractivity contribution in [3.63, 3.8) is 0 Å². The summed E-state index contributed by atoms with van der Waals surface area (Å²) in [5.74, 6) is 0.799. The van der Waals surface area contributed by atoms with E-state index in [9.17, 15) is 5.11 Å². The zero-order valence-electron chi connectivity index (χ0n) is 10.1. The fraction of sp³-hybridized carbons (Fsp3) is 0.286. The Kier molecular flexibility index (Phi) is 3.49. The fourth-order valence-electron chi connectivity index (χ4n) is 1.75. The van der Waals surface area contributed by atoms with Gasteiger partial charge in [0.2, 0.25) is 0 Å². The highest BCUT2D eigenvalue weighted by Gasteiger charge is 2.11. The molecule has 0 aliphatic rings. The molecule has 17 heavy (non-hydrogen) atoms. The highest BCUT2D eigenvalue weighted by Crippen LogP contribution is 2.22. The van der Waals surface area contributed by atoms with Crippen LogP contribution in [0, 0.1) is 0 Å². The highest BCUT2D eigenvalue weighted by atomic mass is 16.3. The van der Waals surface area contributed by atoms with Gasteiger partial charge in [0.25, 0.3) is 0 Å². The van der Waals surface area contributed by atoms with E-state index in [0.717, 1.165) is 17.0 Å². The van der Waals surface area contributed by atoms with Gasteiger partial charge in [-0.15, -0.1) is 0 Å². The SMILES string of the molecule is CN(C)c1cccc(C(O)Cc2ccco2)c1. The quantitative estimate of drug-likeness (QED) is 0.878. The van der Waals surface area contributed by atoms with E-state index < -0.39 is 6.10 Å². The molecule has 0 saturated carbocycles. The Morgan fingerprint density at radius 3 is 2.71 bits per heavy atom. The molecule has 0 spiro atoms. The molecular formula is C14H17NO2. The summed E-state index contributed by atoms with van der Waals surface area (Å²) in [6.07, 6.45) is 1.60. The molecule has 0 bridgehead atoms. The van der Waals surface area contributed by atoms with Gasteiger partial charge in [-0.05, 0) is 29.8 Å². The molecule has 2 aromatic rings. The second kappa shape index (κ2) is 5.06. The first-order chi connectivity index (χ1) is 8.16. The minimum Gasteiger partial charge on any atom is -0.469 e. The van der Waals surface area contributed by atoms with Crippen LogP contribution < -0.4 is 4.90 Å². The van der Waals surface area contributed by atoms with E-state index in [1.54, 1.807) is 6.26 Å². The van der Waals surface area contributed by atoms with Crippen molar-refractivity contribution in [2.75, 3.05) is 19.0 Å². The molecule has 0 fully saturated rings. The molecule has 0 amide bonds. The normalized spacial score (nSPS) is 12.4. The van der Waals surface area contributed by atoms with Crippen molar-refractivity contribution < 1.29 is 9.52 Å². The van der Waals surface area contributed by atoms with Gasteiger partial charge in [0, 0.05) is 26.2 Å². The molecule has 1 aromatic heterocycles. The van der Waals surface area contributed by atoms with E-state index in [4.69, 9.17) is 4.42 Å². The lowest BCUT2D eigenvalue weighted by Gasteiger charge is -2.15. The van der Waals surface area contributed by atoms with Crippen molar-refractivity contribution >= 4 is 5.69 Å². The number of aliphatic hydroxyl groups is 1. The molecule has 1 unspecified atom stereocenters. The first-order valence-corrected chi connectivity index (χ1v) is 5.64. The molecule has 3 heteroatoms. The summed E-state index contributed by atoms with van der Waals surface area (Å²) in [5, 5.41) is 10.1. The predicted octanol–water partition coefficient (Wildman–Crippen LogP) is 2.62. The average molecular weight is 231 g/mol. The topological polar surface area (TPSA) is 36.6 Å². The van der Waals surface area contributed by atoms with Crippen LogP contribution in [0.4, 0.5) is 5.69 Å². The molecule has 1 aromatic carbocycles. The molecule has 0 aliphatic heterocycles. The second-order valence-electron chi connectivity index (χ2n) is 4.29. The Morgan fingerprint density at radius 1 is 1.24 bits per heavy atom. The Balaban J connectivity index is 2.13. The van der Waals surface area contributed by atoms with Crippen LogP contribution >= 0.6 is 0 Å². The van der Waals surface area contributed by atoms with Crippen molar-refractivity contribution in [1.29, 1.82) is 0 Å². The van der Waals surface area contributed by atoms with Gasteiger partial charge in [-0.1, -0.05) is 12.1 Å². The third-order valence-corrected chi connectivity index (χ3v) is 2.75. The number of rotatable bonds is 4. The summed E-state index contributed by atoms with van der Waals surface area (Å²) in [6, 6.07) is 11.6. The van der Waals surface area contributed by atoms with Crippen LogP contribution in [0.1, 0.15) is 17.4 Å². The summed E-state index contributed by atoms with van der Waals surface area (Å²) in [7, 11) is 3.97. The first kappa shape index (κ1) is 11.7. The minimum atomic E-state index is -0.527. The molecule has 1 atom stereocenters. The van der Waals surface area contributed by atoms with E-state index >= 15 is 0 Å². The monoisotopic (exact) mass is 231 g/mol. The van der Waals surface area contributed by atoms with E-state index in [1.807, 2.05) is 55.4 Å². The van der Waals surface area contributed by atoms with Crippen LogP contribution in [-0.2, 0) is 6.42 Å². The summed E-state index contributed by atoms with van der Waals surface area (Å²) in [4.78, 5) is 2.02. The van der Waals surface area contributed by atoms with Gasteiger partial charge in [-0.25, -0.2) is 0 Å². The van der Waals surface area contributed by atoms with Crippen LogP contribution in [-0.4, -0.2) is 19.2 Å². The second-order valence-corrected chi connectivity index (χ2v) is 4.29. The molecule has 0 radical (unpaired) electrons. The van der Waals surface area contributed by atoms with Crippen LogP contribution in [0.25, 0.3) is 0 Å². The smallest absolute Gasteiger partial charge is 0.106 e. The standard InChI is InChI=1S/C14H17NO2/c1-15(2)12-6-3-5-11(9-12)14(16)10-13-7-4-8-17-13/h3-9,14,16H,10H2,1-2H3. The van der Waals surface area contributed by atoms with Crippen molar-refractivity contribution in [1.82, 2.24) is 0 Å². The number of nitrogens with zero attached hydrogens (tertiary/aromatic N) is 1. The van der Waals surface area contributed by atoms with Crippen molar-refractivity contribution in [3.05, 3.63) is 54.0 Å². The Hall–Kier alpha value is -1.74. The largest absolute Gasteiger partial charge is 0.469 e. The number of furan rings is 1. The van der Waals surface area contributed by atoms with Gasteiger partial charge in [0.15, 0.2) is 0 Å². The van der Waals surface area contributed by atoms with Gasteiger partial charge >= 0.3 is 0 Å². The Labute approximate surface area is 101 Å². The molecule has 90 valence electrons. The van der Waals surface area contributed by atoms with Gasteiger partial charge in [0.1, 0.15) is 5.76 Å². The Bertz CT molecular complexity index is 463. The average Bonchev–Trinajstić information content (AvgIpc) is 2.82. The maximum Gasteiger partial charge on any atom is 0.106 e. The molecule has 0 aliphatic carbocycles. The van der Waals surface area contributed by atoms with Crippen molar-refractivity contribution in [2.24, 2.45) is 0 Å².